The number of benzene rings is 3. The third-order valence-electron chi connectivity index (χ3n) is 6.62. The Kier molecular flexibility index (Phi) is 6.50. The van der Waals surface area contributed by atoms with Crippen molar-refractivity contribution in [3.8, 4) is 22.9 Å². The number of anilines is 1. The minimum Gasteiger partial charge on any atom is -0.495 e. The van der Waals surface area contributed by atoms with Crippen LogP contribution in [-0.2, 0) is 0 Å². The van der Waals surface area contributed by atoms with Gasteiger partial charge < -0.3 is 24.3 Å². The highest BCUT2D eigenvalue weighted by Gasteiger charge is 2.42. The van der Waals surface area contributed by atoms with Crippen molar-refractivity contribution in [3.63, 3.8) is 0 Å². The van der Waals surface area contributed by atoms with Crippen molar-refractivity contribution in [2.45, 2.75) is 12.1 Å². The number of rotatable bonds is 7. The predicted octanol–water partition coefficient (Wildman–Crippen LogP) is 6.85. The smallest absolute Gasteiger partial charge is 0.174 e. The zero-order valence-electron chi connectivity index (χ0n) is 20.8. The summed E-state index contributed by atoms with van der Waals surface area (Å²) in [5, 5.41) is 4.17. The summed E-state index contributed by atoms with van der Waals surface area (Å²) in [7, 11) is 1.69. The van der Waals surface area contributed by atoms with E-state index >= 15 is 0 Å². The Bertz CT molecular complexity index is 1540. The lowest BCUT2D eigenvalue weighted by molar-refractivity contribution is 0.412. The van der Waals surface area contributed by atoms with Gasteiger partial charge in [-0.15, -0.1) is 0 Å². The van der Waals surface area contributed by atoms with E-state index in [0.29, 0.717) is 5.11 Å². The molecule has 1 aliphatic rings. The molecule has 1 fully saturated rings. The molecule has 188 valence electrons. The Morgan fingerprint density at radius 3 is 2.29 bits per heavy atom. The van der Waals surface area contributed by atoms with Gasteiger partial charge in [-0.1, -0.05) is 36.4 Å². The average Bonchev–Trinajstić information content (AvgIpc) is 3.59. The number of ether oxygens (including phenoxy) is 2. The summed E-state index contributed by atoms with van der Waals surface area (Å²) in [6.07, 6.45) is 3.87. The number of methoxy groups -OCH3 is 1. The highest BCUT2D eigenvalue weighted by atomic mass is 32.1. The van der Waals surface area contributed by atoms with E-state index in [4.69, 9.17) is 21.7 Å². The van der Waals surface area contributed by atoms with Crippen LogP contribution < -0.4 is 19.7 Å². The molecule has 0 bridgehead atoms. The molecule has 6 nitrogen and oxygen atoms in total. The first-order chi connectivity index (χ1) is 18.7. The normalized spacial score (nSPS) is 16.8. The molecular weight excluding hydrogens is 492 g/mol. The zero-order valence-corrected chi connectivity index (χ0v) is 21.6. The summed E-state index contributed by atoms with van der Waals surface area (Å²) in [5.41, 5.74) is 3.89. The summed E-state index contributed by atoms with van der Waals surface area (Å²) in [6, 6.07) is 35.6. The Labute approximate surface area is 227 Å². The number of aromatic nitrogens is 2. The summed E-state index contributed by atoms with van der Waals surface area (Å²) < 4.78 is 13.9. The van der Waals surface area contributed by atoms with E-state index in [2.05, 4.69) is 38.1 Å². The summed E-state index contributed by atoms with van der Waals surface area (Å²) >= 11 is 5.92. The van der Waals surface area contributed by atoms with Gasteiger partial charge >= 0.3 is 0 Å². The van der Waals surface area contributed by atoms with Crippen LogP contribution in [0.3, 0.4) is 0 Å². The van der Waals surface area contributed by atoms with Crippen LogP contribution >= 0.6 is 12.2 Å². The van der Waals surface area contributed by atoms with Crippen molar-refractivity contribution < 1.29 is 9.47 Å². The van der Waals surface area contributed by atoms with Crippen LogP contribution in [0.15, 0.2) is 122 Å². The van der Waals surface area contributed by atoms with Gasteiger partial charge in [-0.3, -0.25) is 4.98 Å². The van der Waals surface area contributed by atoms with Crippen LogP contribution in [0.1, 0.15) is 23.5 Å². The molecular formula is C31H26N4O2S. The quantitative estimate of drug-likeness (QED) is 0.238. The van der Waals surface area contributed by atoms with Gasteiger partial charge in [-0.05, 0) is 85.0 Å². The summed E-state index contributed by atoms with van der Waals surface area (Å²) in [4.78, 5) is 6.83. The van der Waals surface area contributed by atoms with E-state index in [0.717, 1.165) is 40.0 Å². The fourth-order valence-electron chi connectivity index (χ4n) is 4.92. The number of nitrogens with zero attached hydrogens (tertiary/aromatic N) is 3. The van der Waals surface area contributed by atoms with Crippen LogP contribution in [0.2, 0.25) is 0 Å². The van der Waals surface area contributed by atoms with Gasteiger partial charge in [0, 0.05) is 23.8 Å². The summed E-state index contributed by atoms with van der Waals surface area (Å²) in [6.45, 7) is 0. The van der Waals surface area contributed by atoms with E-state index < -0.39 is 0 Å². The third kappa shape index (κ3) is 4.48. The van der Waals surface area contributed by atoms with Crippen LogP contribution in [-0.4, -0.2) is 21.8 Å². The number of nitrogens with one attached hydrogen (secondary N) is 1. The molecule has 0 unspecified atom stereocenters. The highest BCUT2D eigenvalue weighted by molar-refractivity contribution is 7.80. The maximum absolute atomic E-state index is 6.02. The monoisotopic (exact) mass is 518 g/mol. The Hall–Kier alpha value is -4.62. The second-order valence-electron chi connectivity index (χ2n) is 8.88. The van der Waals surface area contributed by atoms with Crippen LogP contribution in [0.4, 0.5) is 5.69 Å². The molecule has 38 heavy (non-hydrogen) atoms. The predicted molar refractivity (Wildman–Crippen MR) is 153 cm³/mol. The molecule has 5 aromatic rings. The minimum atomic E-state index is -0.168. The standard InChI is InChI=1S/C31H26N4O2S/c1-36-28-15-6-5-13-26(28)34-21-9-14-27(34)30-29(25-12-7-8-20-32-25)33-31(38)35(30)22-16-18-24(19-17-22)37-23-10-3-2-4-11-23/h2-21,29-30H,1H3,(H,33,38)/t29-,30+/m0/s1. The van der Waals surface area contributed by atoms with Gasteiger partial charge in [0.05, 0.1) is 24.5 Å². The van der Waals surface area contributed by atoms with E-state index in [-0.39, 0.29) is 12.1 Å². The van der Waals surface area contributed by atoms with E-state index in [1.165, 1.54) is 0 Å². The molecule has 6 rings (SSSR count). The van der Waals surface area contributed by atoms with Crippen LogP contribution in [0, 0.1) is 0 Å². The van der Waals surface area contributed by atoms with Crippen molar-refractivity contribution in [1.29, 1.82) is 0 Å². The van der Waals surface area contributed by atoms with Gasteiger partial charge in [0.2, 0.25) is 0 Å². The van der Waals surface area contributed by atoms with Crippen molar-refractivity contribution in [3.05, 3.63) is 133 Å². The number of hydrogen-bond acceptors (Lipinski definition) is 4. The largest absolute Gasteiger partial charge is 0.495 e. The van der Waals surface area contributed by atoms with Crippen LogP contribution in [0.25, 0.3) is 5.69 Å². The van der Waals surface area contributed by atoms with Crippen molar-refractivity contribution in [2.24, 2.45) is 0 Å². The highest BCUT2D eigenvalue weighted by Crippen LogP contribution is 2.43. The Morgan fingerprint density at radius 1 is 0.789 bits per heavy atom. The molecule has 7 heteroatoms. The fraction of sp³-hybridized carbons (Fsp3) is 0.0968. The maximum atomic E-state index is 6.02. The summed E-state index contributed by atoms with van der Waals surface area (Å²) in [5.74, 6) is 2.34. The first-order valence-electron chi connectivity index (χ1n) is 12.4. The van der Waals surface area contributed by atoms with Gasteiger partial charge in [0.15, 0.2) is 5.11 Å². The van der Waals surface area contributed by atoms with Gasteiger partial charge in [0.25, 0.3) is 0 Å². The lowest BCUT2D eigenvalue weighted by atomic mass is 10.0. The van der Waals surface area contributed by atoms with Gasteiger partial charge in [-0.2, -0.15) is 0 Å². The second-order valence-corrected chi connectivity index (χ2v) is 9.27. The lowest BCUT2D eigenvalue weighted by Crippen LogP contribution is -2.30. The number of pyridine rings is 1. The maximum Gasteiger partial charge on any atom is 0.174 e. The van der Waals surface area contributed by atoms with Crippen molar-refractivity contribution in [1.82, 2.24) is 14.9 Å². The Morgan fingerprint density at radius 2 is 1.53 bits per heavy atom. The Balaban J connectivity index is 1.42. The topological polar surface area (TPSA) is 51.5 Å². The molecule has 1 saturated heterocycles. The van der Waals surface area contributed by atoms with Crippen molar-refractivity contribution in [2.75, 3.05) is 12.0 Å². The molecule has 0 radical (unpaired) electrons. The third-order valence-corrected chi connectivity index (χ3v) is 6.93. The molecule has 0 saturated carbocycles. The molecule has 2 atom stereocenters. The first-order valence-corrected chi connectivity index (χ1v) is 12.8. The SMILES string of the molecule is COc1ccccc1-n1cccc1[C@@H]1[C@H](c2ccccn2)NC(=S)N1c1ccc(Oc2ccccc2)cc1. The molecule has 0 aliphatic carbocycles. The van der Waals surface area contributed by atoms with Crippen LogP contribution in [0.5, 0.6) is 17.2 Å². The first kappa shape index (κ1) is 23.8. The molecule has 3 heterocycles. The van der Waals surface area contributed by atoms with Gasteiger partial charge in [0.1, 0.15) is 23.3 Å². The zero-order chi connectivity index (χ0) is 25.9. The second kappa shape index (κ2) is 10.4. The van der Waals surface area contributed by atoms with E-state index in [1.807, 2.05) is 103 Å². The molecule has 3 aromatic carbocycles. The number of para-hydroxylation sites is 3. The lowest BCUT2D eigenvalue weighted by Gasteiger charge is -2.29. The molecule has 1 N–H and O–H groups in total. The average molecular weight is 519 g/mol. The molecule has 2 aromatic heterocycles. The van der Waals surface area contributed by atoms with Gasteiger partial charge in [-0.25, -0.2) is 0 Å². The molecule has 0 amide bonds. The molecule has 1 aliphatic heterocycles. The number of thiocarbonyl (C=S) groups is 1. The number of hydrogen-bond donors (Lipinski definition) is 1. The van der Waals surface area contributed by atoms with E-state index in [9.17, 15) is 0 Å². The fourth-order valence-corrected chi connectivity index (χ4v) is 5.26. The minimum absolute atomic E-state index is 0.160. The van der Waals surface area contributed by atoms with E-state index in [1.54, 1.807) is 7.11 Å². The van der Waals surface area contributed by atoms with Crippen molar-refractivity contribution >= 4 is 23.0 Å². The molecule has 0 spiro atoms.